The highest BCUT2D eigenvalue weighted by Gasteiger charge is 2.02. The van der Waals surface area contributed by atoms with Crippen molar-refractivity contribution in [2.45, 2.75) is 5.75 Å². The van der Waals surface area contributed by atoms with Crippen molar-refractivity contribution >= 4 is 44.1 Å². The molecule has 0 saturated heterocycles. The minimum atomic E-state index is 0.926. The van der Waals surface area contributed by atoms with Crippen LogP contribution in [0.1, 0.15) is 11.1 Å². The van der Waals surface area contributed by atoms with E-state index in [0.717, 1.165) is 20.0 Å². The maximum Gasteiger partial charge on any atom is 0.0781 e. The van der Waals surface area contributed by atoms with Crippen molar-refractivity contribution in [1.29, 1.82) is 0 Å². The molecule has 17 heavy (non-hydrogen) atoms. The summed E-state index contributed by atoms with van der Waals surface area (Å²) in [6.07, 6.45) is 0. The molecule has 0 aliphatic heterocycles. The van der Waals surface area contributed by atoms with Crippen molar-refractivity contribution in [3.05, 3.63) is 70.2 Å². The summed E-state index contributed by atoms with van der Waals surface area (Å²) in [6, 6.07) is 18.5. The molecule has 0 fully saturated rings. The molecular weight excluding hydrogens is 312 g/mol. The van der Waals surface area contributed by atoms with Gasteiger partial charge in [0.25, 0.3) is 0 Å². The van der Waals surface area contributed by atoms with Gasteiger partial charge in [-0.15, -0.1) is 11.8 Å². The first-order chi connectivity index (χ1) is 8.25. The molecule has 0 aliphatic carbocycles. The number of rotatable bonds is 3. The molecule has 0 bridgehead atoms. The summed E-state index contributed by atoms with van der Waals surface area (Å²) in [6.45, 7) is 0. The summed E-state index contributed by atoms with van der Waals surface area (Å²) in [5.41, 5.74) is 2.42. The first kappa shape index (κ1) is 12.8. The Hall–Kier alpha value is -0.640. The fourth-order valence-electron chi connectivity index (χ4n) is 1.39. The van der Waals surface area contributed by atoms with E-state index in [4.69, 9.17) is 12.2 Å². The van der Waals surface area contributed by atoms with Gasteiger partial charge < -0.3 is 0 Å². The van der Waals surface area contributed by atoms with Crippen LogP contribution in [0.2, 0.25) is 0 Å². The first-order valence-electron chi connectivity index (χ1n) is 5.22. The lowest BCUT2D eigenvalue weighted by Crippen LogP contribution is -1.92. The van der Waals surface area contributed by atoms with E-state index >= 15 is 0 Å². The third-order valence-electron chi connectivity index (χ3n) is 2.29. The van der Waals surface area contributed by atoms with Crippen molar-refractivity contribution in [2.75, 3.05) is 0 Å². The van der Waals surface area contributed by atoms with Crippen LogP contribution in [-0.2, 0) is 5.75 Å². The molecular formula is C14H11BrS2. The highest BCUT2D eigenvalue weighted by atomic mass is 79.9. The predicted octanol–water partition coefficient (Wildman–Crippen LogP) is 5.06. The monoisotopic (exact) mass is 322 g/mol. The van der Waals surface area contributed by atoms with Gasteiger partial charge >= 0.3 is 0 Å². The molecule has 0 aliphatic rings. The van der Waals surface area contributed by atoms with Crippen LogP contribution >= 0.6 is 39.9 Å². The van der Waals surface area contributed by atoms with Gasteiger partial charge in [-0.05, 0) is 23.3 Å². The summed E-state index contributed by atoms with van der Waals surface area (Å²) in [4.78, 5) is 0. The Bertz CT molecular complexity index is 491. The normalized spacial score (nSPS) is 10.2. The van der Waals surface area contributed by atoms with Crippen molar-refractivity contribution in [3.8, 4) is 0 Å². The van der Waals surface area contributed by atoms with Gasteiger partial charge in [-0.25, -0.2) is 0 Å². The SMILES string of the molecule is S=C(SCc1ccccc1)c1ccc(Br)cc1. The van der Waals surface area contributed by atoms with Crippen LogP contribution in [0.15, 0.2) is 59.1 Å². The van der Waals surface area contributed by atoms with Gasteiger partial charge in [0.05, 0.1) is 4.20 Å². The highest BCUT2D eigenvalue weighted by molar-refractivity contribution is 9.10. The van der Waals surface area contributed by atoms with Crippen LogP contribution in [0.3, 0.4) is 0 Å². The van der Waals surface area contributed by atoms with Crippen LogP contribution in [0.25, 0.3) is 0 Å². The van der Waals surface area contributed by atoms with Gasteiger partial charge in [0.2, 0.25) is 0 Å². The molecule has 0 radical (unpaired) electrons. The zero-order valence-electron chi connectivity index (χ0n) is 9.10. The topological polar surface area (TPSA) is 0 Å². The third-order valence-corrected chi connectivity index (χ3v) is 4.39. The van der Waals surface area contributed by atoms with Gasteiger partial charge in [-0.1, -0.05) is 70.6 Å². The van der Waals surface area contributed by atoms with E-state index in [1.807, 2.05) is 30.3 Å². The predicted molar refractivity (Wildman–Crippen MR) is 83.6 cm³/mol. The molecule has 0 spiro atoms. The second-order valence-corrected chi connectivity index (χ2v) is 6.14. The zero-order chi connectivity index (χ0) is 12.1. The van der Waals surface area contributed by atoms with Crippen LogP contribution in [0.4, 0.5) is 0 Å². The van der Waals surface area contributed by atoms with Crippen LogP contribution in [0, 0.1) is 0 Å². The zero-order valence-corrected chi connectivity index (χ0v) is 12.3. The number of halogens is 1. The second kappa shape index (κ2) is 6.34. The maximum absolute atomic E-state index is 5.41. The minimum absolute atomic E-state index is 0.926. The van der Waals surface area contributed by atoms with Crippen molar-refractivity contribution < 1.29 is 0 Å². The minimum Gasteiger partial charge on any atom is -0.109 e. The lowest BCUT2D eigenvalue weighted by Gasteiger charge is -2.04. The van der Waals surface area contributed by atoms with Gasteiger partial charge in [-0.2, -0.15) is 0 Å². The number of hydrogen-bond acceptors (Lipinski definition) is 2. The molecule has 0 amide bonds. The molecule has 0 saturated carbocycles. The number of benzene rings is 2. The van der Waals surface area contributed by atoms with Gasteiger partial charge in [0.1, 0.15) is 0 Å². The first-order valence-corrected chi connectivity index (χ1v) is 7.41. The average Bonchev–Trinajstić information content (AvgIpc) is 2.38. The average molecular weight is 323 g/mol. The largest absolute Gasteiger partial charge is 0.109 e. The van der Waals surface area contributed by atoms with E-state index < -0.39 is 0 Å². The molecule has 2 aromatic rings. The number of thiocarbonyl (C=S) groups is 1. The molecule has 2 rings (SSSR count). The highest BCUT2D eigenvalue weighted by Crippen LogP contribution is 2.20. The number of hydrogen-bond donors (Lipinski definition) is 0. The number of thioether (sulfide) groups is 1. The Morgan fingerprint density at radius 1 is 1.00 bits per heavy atom. The lowest BCUT2D eigenvalue weighted by atomic mass is 10.2. The van der Waals surface area contributed by atoms with E-state index in [1.54, 1.807) is 11.8 Å². The maximum atomic E-state index is 5.41. The molecule has 0 atom stereocenters. The molecule has 2 aromatic carbocycles. The summed E-state index contributed by atoms with van der Waals surface area (Å²) in [5.74, 6) is 0.926. The van der Waals surface area contributed by atoms with Gasteiger partial charge in [0.15, 0.2) is 0 Å². The Morgan fingerprint density at radius 2 is 1.65 bits per heavy atom. The van der Waals surface area contributed by atoms with Crippen LogP contribution in [-0.4, -0.2) is 4.20 Å². The third kappa shape index (κ3) is 3.95. The standard InChI is InChI=1S/C14H11BrS2/c15-13-8-6-12(7-9-13)14(16)17-10-11-4-2-1-3-5-11/h1-9H,10H2. The fourth-order valence-corrected chi connectivity index (χ4v) is 2.76. The summed E-state index contributed by atoms with van der Waals surface area (Å²) < 4.78 is 2.03. The van der Waals surface area contributed by atoms with Gasteiger partial charge in [0, 0.05) is 10.2 Å². The molecule has 0 heterocycles. The Morgan fingerprint density at radius 3 is 2.29 bits per heavy atom. The van der Waals surface area contributed by atoms with E-state index in [2.05, 4.69) is 40.2 Å². The van der Waals surface area contributed by atoms with E-state index in [-0.39, 0.29) is 0 Å². The van der Waals surface area contributed by atoms with Crippen LogP contribution < -0.4 is 0 Å². The van der Waals surface area contributed by atoms with E-state index in [0.29, 0.717) is 0 Å². The molecule has 0 aromatic heterocycles. The Labute approximate surface area is 120 Å². The molecule has 3 heteroatoms. The quantitative estimate of drug-likeness (QED) is 0.724. The fraction of sp³-hybridized carbons (Fsp3) is 0.0714. The van der Waals surface area contributed by atoms with E-state index in [1.165, 1.54) is 5.56 Å². The summed E-state index contributed by atoms with van der Waals surface area (Å²) in [7, 11) is 0. The van der Waals surface area contributed by atoms with Gasteiger partial charge in [-0.3, -0.25) is 0 Å². The summed E-state index contributed by atoms with van der Waals surface area (Å²) in [5, 5.41) is 0. The molecule has 0 N–H and O–H groups in total. The molecule has 86 valence electrons. The summed E-state index contributed by atoms with van der Waals surface area (Å²) >= 11 is 10.5. The second-order valence-electron chi connectivity index (χ2n) is 3.57. The Balaban J connectivity index is 1.96. The van der Waals surface area contributed by atoms with Crippen LogP contribution in [0.5, 0.6) is 0 Å². The lowest BCUT2D eigenvalue weighted by molar-refractivity contribution is 1.43. The molecule has 0 unspecified atom stereocenters. The Kier molecular flexibility index (Phi) is 4.77. The van der Waals surface area contributed by atoms with E-state index in [9.17, 15) is 0 Å². The van der Waals surface area contributed by atoms with Crippen molar-refractivity contribution in [2.24, 2.45) is 0 Å². The van der Waals surface area contributed by atoms with Crippen molar-refractivity contribution in [3.63, 3.8) is 0 Å². The smallest absolute Gasteiger partial charge is 0.0781 e. The van der Waals surface area contributed by atoms with Crippen molar-refractivity contribution in [1.82, 2.24) is 0 Å². The molecule has 0 nitrogen and oxygen atoms in total.